The second-order valence-electron chi connectivity index (χ2n) is 9.46. The lowest BCUT2D eigenvalue weighted by Crippen LogP contribution is -2.44. The molecule has 0 saturated carbocycles. The van der Waals surface area contributed by atoms with Gasteiger partial charge in [0.15, 0.2) is 11.6 Å². The lowest BCUT2D eigenvalue weighted by molar-refractivity contribution is -0.172. The summed E-state index contributed by atoms with van der Waals surface area (Å²) in [6, 6.07) is 7.71. The van der Waals surface area contributed by atoms with E-state index in [-0.39, 0.29) is 42.2 Å². The van der Waals surface area contributed by atoms with Crippen molar-refractivity contribution < 1.29 is 24.2 Å². The lowest BCUT2D eigenvalue weighted by atomic mass is 9.86. The molecule has 0 fully saturated rings. The first-order chi connectivity index (χ1) is 18.1. The molecule has 0 amide bonds. The van der Waals surface area contributed by atoms with Gasteiger partial charge in [-0.05, 0) is 49.6 Å². The van der Waals surface area contributed by atoms with Crippen molar-refractivity contribution in [2.75, 3.05) is 6.54 Å². The topological polar surface area (TPSA) is 196 Å². The summed E-state index contributed by atoms with van der Waals surface area (Å²) < 4.78 is 12.1. The molecule has 38 heavy (non-hydrogen) atoms. The first-order valence-corrected chi connectivity index (χ1v) is 12.3. The fourth-order valence-corrected chi connectivity index (χ4v) is 4.88. The minimum atomic E-state index is -1.88. The Morgan fingerprint density at radius 2 is 2.13 bits per heavy atom. The third-order valence-corrected chi connectivity index (χ3v) is 7.01. The number of carbonyl (C=O) groups excluding carboxylic acids is 2. The van der Waals surface area contributed by atoms with Gasteiger partial charge in [-0.3, -0.25) is 10.2 Å². The van der Waals surface area contributed by atoms with Crippen LogP contribution in [0.25, 0.3) is 22.3 Å². The van der Waals surface area contributed by atoms with Crippen molar-refractivity contribution in [3.05, 3.63) is 57.4 Å². The molecule has 0 bridgehead atoms. The van der Waals surface area contributed by atoms with Gasteiger partial charge >= 0.3 is 11.9 Å². The number of esters is 2. The van der Waals surface area contributed by atoms with E-state index < -0.39 is 23.6 Å². The third kappa shape index (κ3) is 4.27. The van der Waals surface area contributed by atoms with Gasteiger partial charge in [-0.1, -0.05) is 6.92 Å². The second-order valence-corrected chi connectivity index (χ2v) is 9.46. The molecule has 1 unspecified atom stereocenters. The number of aliphatic hydroxyl groups is 1. The van der Waals surface area contributed by atoms with Crippen LogP contribution in [0, 0.1) is 5.41 Å². The first kappa shape index (κ1) is 25.4. The largest absolute Gasteiger partial charge is 0.458 e. The van der Waals surface area contributed by atoms with Gasteiger partial charge in [0.1, 0.15) is 18.4 Å². The van der Waals surface area contributed by atoms with E-state index >= 15 is 0 Å². The van der Waals surface area contributed by atoms with Crippen LogP contribution in [-0.4, -0.2) is 45.1 Å². The number of ether oxygens (including phenoxy) is 2. The van der Waals surface area contributed by atoms with Crippen molar-refractivity contribution in [3.63, 3.8) is 0 Å². The molecule has 0 spiro atoms. The van der Waals surface area contributed by atoms with E-state index in [9.17, 15) is 19.5 Å². The third-order valence-electron chi connectivity index (χ3n) is 7.01. The summed E-state index contributed by atoms with van der Waals surface area (Å²) in [5, 5.41) is 21.5. The van der Waals surface area contributed by atoms with Gasteiger partial charge in [0.25, 0.3) is 5.56 Å². The van der Waals surface area contributed by atoms with E-state index in [1.54, 1.807) is 35.8 Å². The zero-order valence-corrected chi connectivity index (χ0v) is 20.7. The lowest BCUT2D eigenvalue weighted by Gasteiger charge is -2.31. The molecule has 2 atom stereocenters. The van der Waals surface area contributed by atoms with Crippen LogP contribution in [-0.2, 0) is 33.1 Å². The fourth-order valence-electron chi connectivity index (χ4n) is 4.88. The molecule has 3 aromatic rings. The number of benzene rings is 1. The molecular formula is C26H28N6O6. The Labute approximate surface area is 217 Å². The number of nitrogens with two attached hydrogens (primary N) is 2. The van der Waals surface area contributed by atoms with E-state index in [0.29, 0.717) is 47.4 Å². The highest BCUT2D eigenvalue weighted by molar-refractivity contribution is 5.87. The summed E-state index contributed by atoms with van der Waals surface area (Å²) in [7, 11) is 0. The van der Waals surface area contributed by atoms with Crippen LogP contribution in [0.1, 0.15) is 42.9 Å². The van der Waals surface area contributed by atoms with Gasteiger partial charge in [-0.15, -0.1) is 0 Å². The first-order valence-electron chi connectivity index (χ1n) is 12.3. The molecule has 12 nitrogen and oxygen atoms in total. The van der Waals surface area contributed by atoms with E-state index in [0.717, 1.165) is 5.56 Å². The van der Waals surface area contributed by atoms with Gasteiger partial charge < -0.3 is 35.9 Å². The molecular weight excluding hydrogens is 492 g/mol. The molecule has 12 heteroatoms. The standard InChI is InChI=1S/C26H28N6O6/c1-2-26(36)17-10-20-21-14(11-32(20)22(33)16(17)12-37-24(26)35)8-13-9-15(5-6-19(13)31-21)38-23(34)18(27)4-3-7-30-25(28)29/h5-6,8-10,18,36H,2-4,7,11-12,27H2,1H3,(H4,28,29,30)/t18-,26?/m0/s1. The summed E-state index contributed by atoms with van der Waals surface area (Å²) in [4.78, 5) is 42.8. The number of cyclic esters (lactones) is 1. The van der Waals surface area contributed by atoms with E-state index in [4.69, 9.17) is 31.3 Å². The van der Waals surface area contributed by atoms with Gasteiger partial charge in [-0.25, -0.2) is 14.6 Å². The van der Waals surface area contributed by atoms with E-state index in [2.05, 4.69) is 5.32 Å². The van der Waals surface area contributed by atoms with Gasteiger partial charge in [0.05, 0.1) is 29.0 Å². The van der Waals surface area contributed by atoms with Gasteiger partial charge in [-0.2, -0.15) is 0 Å². The highest BCUT2D eigenvalue weighted by Gasteiger charge is 2.45. The Bertz CT molecular complexity index is 1550. The summed E-state index contributed by atoms with van der Waals surface area (Å²) in [6.07, 6.45) is 0.978. The van der Waals surface area contributed by atoms with Crippen molar-refractivity contribution in [1.29, 1.82) is 5.41 Å². The average molecular weight is 521 g/mol. The maximum Gasteiger partial charge on any atom is 0.343 e. The van der Waals surface area contributed by atoms with Crippen LogP contribution >= 0.6 is 0 Å². The number of pyridine rings is 2. The number of aromatic nitrogens is 2. The highest BCUT2D eigenvalue weighted by atomic mass is 16.6. The number of hydrogen-bond donors (Lipinski definition) is 5. The van der Waals surface area contributed by atoms with Gasteiger partial charge in [0.2, 0.25) is 0 Å². The Morgan fingerprint density at radius 1 is 1.34 bits per heavy atom. The summed E-state index contributed by atoms with van der Waals surface area (Å²) in [5.41, 5.74) is 12.0. The minimum absolute atomic E-state index is 0.0696. The molecule has 1 aromatic carbocycles. The van der Waals surface area contributed by atoms with Crippen LogP contribution < -0.4 is 27.1 Å². The number of guanidine groups is 1. The molecule has 198 valence electrons. The SMILES string of the molecule is CCC1(O)C(=O)OCc2c1cc1n(c2=O)Cc2cc3cc(OC(=O)[C@@H](N)CCCNC(=N)N)ccc3nc2-1. The van der Waals surface area contributed by atoms with E-state index in [1.807, 2.05) is 6.07 Å². The zero-order valence-electron chi connectivity index (χ0n) is 20.7. The van der Waals surface area contributed by atoms with Crippen molar-refractivity contribution >= 4 is 28.8 Å². The minimum Gasteiger partial charge on any atom is -0.458 e. The maximum absolute atomic E-state index is 13.3. The molecule has 0 aliphatic carbocycles. The van der Waals surface area contributed by atoms with Gasteiger partial charge in [0, 0.05) is 23.1 Å². The Hall–Kier alpha value is -4.29. The summed E-state index contributed by atoms with van der Waals surface area (Å²) >= 11 is 0. The molecule has 0 radical (unpaired) electrons. The van der Waals surface area contributed by atoms with Crippen LogP contribution in [0.15, 0.2) is 35.1 Å². The van der Waals surface area contributed by atoms with Crippen molar-refractivity contribution in [1.82, 2.24) is 14.9 Å². The smallest absolute Gasteiger partial charge is 0.343 e. The predicted octanol–water partition coefficient (Wildman–Crippen LogP) is 0.576. The number of hydrogen-bond acceptors (Lipinski definition) is 9. The zero-order chi connectivity index (χ0) is 27.2. The van der Waals surface area contributed by atoms with Crippen LogP contribution in [0.2, 0.25) is 0 Å². The number of fused-ring (bicyclic) bond motifs is 5. The van der Waals surface area contributed by atoms with E-state index in [1.165, 1.54) is 0 Å². The monoisotopic (exact) mass is 520 g/mol. The Morgan fingerprint density at radius 3 is 2.87 bits per heavy atom. The summed E-state index contributed by atoms with van der Waals surface area (Å²) in [6.45, 7) is 2.16. The number of carbonyl (C=O) groups is 2. The molecule has 0 saturated heterocycles. The second kappa shape index (κ2) is 9.54. The van der Waals surface area contributed by atoms with Crippen molar-refractivity contribution in [2.24, 2.45) is 11.5 Å². The molecule has 5 rings (SSSR count). The Kier molecular flexibility index (Phi) is 6.37. The quantitative estimate of drug-likeness (QED) is 0.0755. The van der Waals surface area contributed by atoms with Crippen LogP contribution in [0.5, 0.6) is 5.75 Å². The molecule has 7 N–H and O–H groups in total. The van der Waals surface area contributed by atoms with Crippen molar-refractivity contribution in [2.45, 2.75) is 51.0 Å². The molecule has 2 aliphatic rings. The number of nitrogens with zero attached hydrogens (tertiary/aromatic N) is 2. The maximum atomic E-state index is 13.3. The molecule has 2 aliphatic heterocycles. The Balaban J connectivity index is 1.41. The highest BCUT2D eigenvalue weighted by Crippen LogP contribution is 2.38. The molecule has 4 heterocycles. The van der Waals surface area contributed by atoms with Crippen LogP contribution in [0.4, 0.5) is 0 Å². The fraction of sp³-hybridized carbons (Fsp3) is 0.346. The summed E-state index contributed by atoms with van der Waals surface area (Å²) in [5.74, 6) is -1.17. The van der Waals surface area contributed by atoms with Crippen molar-refractivity contribution in [3.8, 4) is 17.1 Å². The molecule has 2 aromatic heterocycles. The number of nitrogens with one attached hydrogen (secondary N) is 2. The predicted molar refractivity (Wildman–Crippen MR) is 137 cm³/mol. The van der Waals surface area contributed by atoms with Crippen LogP contribution in [0.3, 0.4) is 0 Å². The number of rotatable bonds is 7. The normalized spacial score (nSPS) is 18.2. The average Bonchev–Trinajstić information content (AvgIpc) is 3.25.